The number of fused-ring (bicyclic) bond motifs is 5. The van der Waals surface area contributed by atoms with Crippen molar-refractivity contribution in [2.24, 2.45) is 0 Å². The summed E-state index contributed by atoms with van der Waals surface area (Å²) >= 11 is 1.39. The van der Waals surface area contributed by atoms with Crippen LogP contribution in [0, 0.1) is 0 Å². The predicted octanol–water partition coefficient (Wildman–Crippen LogP) is 6.53. The van der Waals surface area contributed by atoms with E-state index in [0.717, 1.165) is 40.7 Å². The van der Waals surface area contributed by atoms with E-state index in [4.69, 9.17) is 10.7 Å². The fourth-order valence-electron chi connectivity index (χ4n) is 5.16. The van der Waals surface area contributed by atoms with Gasteiger partial charge < -0.3 is 15.6 Å². The summed E-state index contributed by atoms with van der Waals surface area (Å²) in [6, 6.07) is 16.7. The number of nitrogens with zero attached hydrogens (tertiary/aromatic N) is 2. The molecule has 0 saturated carbocycles. The molecule has 1 aliphatic carbocycles. The van der Waals surface area contributed by atoms with Gasteiger partial charge in [0.2, 0.25) is 0 Å². The molecule has 3 aromatic heterocycles. The van der Waals surface area contributed by atoms with Gasteiger partial charge in [0, 0.05) is 45.1 Å². The van der Waals surface area contributed by atoms with Crippen molar-refractivity contribution in [3.8, 4) is 0 Å². The molecule has 0 saturated heterocycles. The molecular formula is C27H26N4OS. The summed E-state index contributed by atoms with van der Waals surface area (Å²) in [5.74, 6) is -0.177. The summed E-state index contributed by atoms with van der Waals surface area (Å²) in [5, 5.41) is 6.32. The maximum absolute atomic E-state index is 13.2. The first-order valence-corrected chi connectivity index (χ1v) is 12.5. The lowest BCUT2D eigenvalue weighted by Crippen LogP contribution is -2.11. The molecule has 166 valence electrons. The molecule has 0 aliphatic heterocycles. The Bertz CT molecular complexity index is 1540. The van der Waals surface area contributed by atoms with Crippen LogP contribution in [0.3, 0.4) is 0 Å². The molecular weight excluding hydrogens is 428 g/mol. The van der Waals surface area contributed by atoms with Crippen molar-refractivity contribution in [1.82, 2.24) is 9.55 Å². The molecule has 3 N–H and O–H groups in total. The second kappa shape index (κ2) is 7.89. The monoisotopic (exact) mass is 454 g/mol. The van der Waals surface area contributed by atoms with Crippen LogP contribution in [0.1, 0.15) is 47.1 Å². The largest absolute Gasteiger partial charge is 0.397 e. The minimum Gasteiger partial charge on any atom is -0.397 e. The highest BCUT2D eigenvalue weighted by atomic mass is 32.1. The van der Waals surface area contributed by atoms with Gasteiger partial charge in [0.25, 0.3) is 5.91 Å². The Kier molecular flexibility index (Phi) is 4.84. The number of nitrogens with one attached hydrogen (secondary N) is 1. The normalized spacial score (nSPS) is 14.0. The van der Waals surface area contributed by atoms with E-state index in [2.05, 4.69) is 59.3 Å². The van der Waals surface area contributed by atoms with E-state index in [1.165, 1.54) is 58.3 Å². The second-order valence-electron chi connectivity index (χ2n) is 8.80. The molecule has 0 atom stereocenters. The number of anilines is 2. The second-order valence-corrected chi connectivity index (χ2v) is 9.80. The van der Waals surface area contributed by atoms with Gasteiger partial charge in [0.05, 0.1) is 5.69 Å². The number of para-hydroxylation sites is 1. The highest BCUT2D eigenvalue weighted by Crippen LogP contribution is 2.36. The van der Waals surface area contributed by atoms with Crippen LogP contribution in [-0.4, -0.2) is 15.5 Å². The molecule has 6 heteroatoms. The number of nitrogens with two attached hydrogens (primary N) is 1. The molecule has 3 heterocycles. The molecule has 0 spiro atoms. The molecule has 0 fully saturated rings. The van der Waals surface area contributed by atoms with E-state index in [1.807, 2.05) is 6.07 Å². The molecule has 6 rings (SSSR count). The van der Waals surface area contributed by atoms with Crippen molar-refractivity contribution in [3.63, 3.8) is 0 Å². The van der Waals surface area contributed by atoms with Crippen molar-refractivity contribution in [3.05, 3.63) is 64.7 Å². The number of carbonyl (C=O) groups excluding carboxylic acids is 1. The van der Waals surface area contributed by atoms with Crippen LogP contribution < -0.4 is 11.1 Å². The summed E-state index contributed by atoms with van der Waals surface area (Å²) < 4.78 is 2.30. The van der Waals surface area contributed by atoms with Crippen LogP contribution in [0.25, 0.3) is 32.0 Å². The molecule has 5 aromatic rings. The maximum Gasteiger partial charge on any atom is 0.267 e. The summed E-state index contributed by atoms with van der Waals surface area (Å²) in [6.07, 6.45) is 5.66. The summed E-state index contributed by atoms with van der Waals surface area (Å²) in [6.45, 7) is 3.05. The lowest BCUT2D eigenvalue weighted by molar-refractivity contribution is 0.103. The third kappa shape index (κ3) is 3.28. The third-order valence-electron chi connectivity index (χ3n) is 6.80. The van der Waals surface area contributed by atoms with Gasteiger partial charge in [-0.2, -0.15) is 0 Å². The minimum atomic E-state index is -0.177. The fourth-order valence-corrected chi connectivity index (χ4v) is 6.16. The van der Waals surface area contributed by atoms with Crippen molar-refractivity contribution in [1.29, 1.82) is 0 Å². The Hall–Kier alpha value is -3.38. The Balaban J connectivity index is 1.37. The molecule has 5 nitrogen and oxygen atoms in total. The number of benzene rings is 2. The van der Waals surface area contributed by atoms with E-state index in [9.17, 15) is 4.79 Å². The SMILES string of the molecule is CCn1c2ccccc2c2cc(NC(=O)c3sc4nc5c(cc4c3N)CCCCC5)ccc21. The quantitative estimate of drug-likeness (QED) is 0.305. The number of rotatable bonds is 3. The van der Waals surface area contributed by atoms with Crippen molar-refractivity contribution in [2.45, 2.75) is 45.6 Å². The topological polar surface area (TPSA) is 72.9 Å². The molecule has 0 radical (unpaired) electrons. The van der Waals surface area contributed by atoms with E-state index in [-0.39, 0.29) is 5.91 Å². The zero-order chi connectivity index (χ0) is 22.5. The van der Waals surface area contributed by atoms with Gasteiger partial charge in [-0.25, -0.2) is 4.98 Å². The predicted molar refractivity (Wildman–Crippen MR) is 138 cm³/mol. The number of aryl methyl sites for hydroxylation is 3. The first-order chi connectivity index (χ1) is 16.1. The standard InChI is InChI=1S/C27H26N4OS/c1-2-31-22-11-7-6-9-18(22)19-15-17(12-13-23(19)31)29-26(32)25-24(28)20-14-16-8-4-3-5-10-21(16)30-27(20)33-25/h6-7,9,11-15H,2-5,8,10,28H2,1H3,(H,29,32). The number of aromatic nitrogens is 2. The number of carbonyl (C=O) groups is 1. The third-order valence-corrected chi connectivity index (χ3v) is 7.92. The summed E-state index contributed by atoms with van der Waals surface area (Å²) in [5.41, 5.74) is 12.6. The number of hydrogen-bond donors (Lipinski definition) is 2. The Labute approximate surface area is 196 Å². The van der Waals surface area contributed by atoms with Crippen LogP contribution in [0.15, 0.2) is 48.5 Å². The van der Waals surface area contributed by atoms with Gasteiger partial charge >= 0.3 is 0 Å². The molecule has 0 unspecified atom stereocenters. The highest BCUT2D eigenvalue weighted by molar-refractivity contribution is 7.21. The minimum absolute atomic E-state index is 0.177. The van der Waals surface area contributed by atoms with Crippen LogP contribution >= 0.6 is 11.3 Å². The number of thiophene rings is 1. The maximum atomic E-state index is 13.2. The Morgan fingerprint density at radius 3 is 2.73 bits per heavy atom. The first-order valence-electron chi connectivity index (χ1n) is 11.7. The van der Waals surface area contributed by atoms with Crippen LogP contribution in [-0.2, 0) is 19.4 Å². The fraction of sp³-hybridized carbons (Fsp3) is 0.259. The zero-order valence-corrected chi connectivity index (χ0v) is 19.5. The van der Waals surface area contributed by atoms with Gasteiger partial charge in [0.15, 0.2) is 0 Å². The number of nitrogen functional groups attached to an aromatic ring is 1. The van der Waals surface area contributed by atoms with Crippen LogP contribution in [0.2, 0.25) is 0 Å². The van der Waals surface area contributed by atoms with Gasteiger partial charge in [-0.1, -0.05) is 24.6 Å². The highest BCUT2D eigenvalue weighted by Gasteiger charge is 2.20. The molecule has 1 amide bonds. The van der Waals surface area contributed by atoms with E-state index >= 15 is 0 Å². The van der Waals surface area contributed by atoms with Gasteiger partial charge in [-0.3, -0.25) is 4.79 Å². The number of amides is 1. The molecule has 2 aromatic carbocycles. The lowest BCUT2D eigenvalue weighted by Gasteiger charge is -2.06. The first kappa shape index (κ1) is 20.2. The van der Waals surface area contributed by atoms with Crippen molar-refractivity contribution < 1.29 is 4.79 Å². The van der Waals surface area contributed by atoms with Gasteiger partial charge in [0.1, 0.15) is 9.71 Å². The summed E-state index contributed by atoms with van der Waals surface area (Å²) in [7, 11) is 0. The average molecular weight is 455 g/mol. The number of hydrogen-bond acceptors (Lipinski definition) is 4. The van der Waals surface area contributed by atoms with Crippen molar-refractivity contribution in [2.75, 3.05) is 11.1 Å². The molecule has 33 heavy (non-hydrogen) atoms. The Morgan fingerprint density at radius 1 is 1.03 bits per heavy atom. The van der Waals surface area contributed by atoms with Gasteiger partial charge in [-0.15, -0.1) is 11.3 Å². The molecule has 0 bridgehead atoms. The van der Waals surface area contributed by atoms with E-state index in [0.29, 0.717) is 10.6 Å². The smallest absolute Gasteiger partial charge is 0.267 e. The number of pyridine rings is 1. The van der Waals surface area contributed by atoms with Crippen LogP contribution in [0.5, 0.6) is 0 Å². The Morgan fingerprint density at radius 2 is 1.85 bits per heavy atom. The van der Waals surface area contributed by atoms with Gasteiger partial charge in [-0.05, 0) is 68.5 Å². The van der Waals surface area contributed by atoms with Crippen molar-refractivity contribution >= 4 is 60.6 Å². The van der Waals surface area contributed by atoms with Crippen LogP contribution in [0.4, 0.5) is 11.4 Å². The molecule has 1 aliphatic rings. The van der Waals surface area contributed by atoms with E-state index < -0.39 is 0 Å². The average Bonchev–Trinajstić information content (AvgIpc) is 3.20. The summed E-state index contributed by atoms with van der Waals surface area (Å²) in [4.78, 5) is 19.5. The zero-order valence-electron chi connectivity index (χ0n) is 18.6. The lowest BCUT2D eigenvalue weighted by atomic mass is 10.1. The van der Waals surface area contributed by atoms with E-state index in [1.54, 1.807) is 0 Å².